The van der Waals surface area contributed by atoms with Crippen LogP contribution in [0.1, 0.15) is 11.6 Å². The lowest BCUT2D eigenvalue weighted by atomic mass is 10.1. The van der Waals surface area contributed by atoms with Crippen molar-refractivity contribution in [2.24, 2.45) is 0 Å². The SMILES string of the molecule is CNC(=O)Cn1cc(Nc2ncc(F)c(N[C@H](CO)c3cccc(Br)c3)n2)cn1. The van der Waals surface area contributed by atoms with Crippen LogP contribution in [0.3, 0.4) is 0 Å². The predicted molar refractivity (Wildman–Crippen MR) is 109 cm³/mol. The van der Waals surface area contributed by atoms with E-state index in [4.69, 9.17) is 0 Å². The summed E-state index contributed by atoms with van der Waals surface area (Å²) in [6.45, 7) is -0.186. The van der Waals surface area contributed by atoms with Crippen molar-refractivity contribution in [3.05, 3.63) is 58.7 Å². The Hall–Kier alpha value is -3.05. The van der Waals surface area contributed by atoms with E-state index in [1.807, 2.05) is 24.3 Å². The molecule has 2 heterocycles. The van der Waals surface area contributed by atoms with Gasteiger partial charge in [-0.05, 0) is 17.7 Å². The van der Waals surface area contributed by atoms with Crippen LogP contribution in [-0.2, 0) is 11.3 Å². The molecule has 3 aromatic rings. The molecule has 1 atom stereocenters. The number of amides is 1. The molecule has 4 N–H and O–H groups in total. The van der Waals surface area contributed by atoms with E-state index in [0.29, 0.717) is 5.69 Å². The Morgan fingerprint density at radius 2 is 2.21 bits per heavy atom. The summed E-state index contributed by atoms with van der Waals surface area (Å²) in [6, 6.07) is 6.77. The summed E-state index contributed by atoms with van der Waals surface area (Å²) in [5.41, 5.74) is 1.31. The molecular formula is C18H19BrFN7O2. The van der Waals surface area contributed by atoms with Crippen molar-refractivity contribution in [3.8, 4) is 0 Å². The van der Waals surface area contributed by atoms with Crippen molar-refractivity contribution >= 4 is 39.3 Å². The van der Waals surface area contributed by atoms with E-state index in [1.54, 1.807) is 13.2 Å². The monoisotopic (exact) mass is 463 g/mol. The van der Waals surface area contributed by atoms with Gasteiger partial charge in [0.25, 0.3) is 0 Å². The van der Waals surface area contributed by atoms with Gasteiger partial charge in [0.1, 0.15) is 6.54 Å². The molecule has 152 valence electrons. The van der Waals surface area contributed by atoms with Gasteiger partial charge in [-0.1, -0.05) is 28.1 Å². The zero-order valence-electron chi connectivity index (χ0n) is 15.4. The molecule has 0 bridgehead atoms. The molecule has 0 saturated heterocycles. The van der Waals surface area contributed by atoms with Gasteiger partial charge in [0.15, 0.2) is 11.6 Å². The molecule has 0 aliphatic rings. The minimum Gasteiger partial charge on any atom is -0.394 e. The molecule has 1 amide bonds. The number of rotatable bonds is 8. The third-order valence-corrected chi connectivity index (χ3v) is 4.46. The van der Waals surface area contributed by atoms with E-state index >= 15 is 0 Å². The Bertz CT molecular complexity index is 998. The lowest BCUT2D eigenvalue weighted by Crippen LogP contribution is -2.23. The zero-order valence-corrected chi connectivity index (χ0v) is 17.0. The lowest BCUT2D eigenvalue weighted by Gasteiger charge is -2.18. The first-order valence-corrected chi connectivity index (χ1v) is 9.43. The van der Waals surface area contributed by atoms with Crippen LogP contribution < -0.4 is 16.0 Å². The standard InChI is InChI=1S/C18H19BrFN7O2/c1-21-16(29)9-27-8-13(6-23-27)24-18-22-7-14(20)17(26-18)25-15(10-28)11-3-2-4-12(19)5-11/h2-8,15,28H,9-10H2,1H3,(H,21,29)(H2,22,24,25,26)/t15-/m1/s1. The Kier molecular flexibility index (Phi) is 6.73. The van der Waals surface area contributed by atoms with Crippen LogP contribution in [0.4, 0.5) is 21.8 Å². The van der Waals surface area contributed by atoms with Crippen molar-refractivity contribution in [2.45, 2.75) is 12.6 Å². The van der Waals surface area contributed by atoms with Crippen LogP contribution >= 0.6 is 15.9 Å². The predicted octanol–water partition coefficient (Wildman–Crippen LogP) is 2.21. The van der Waals surface area contributed by atoms with E-state index in [0.717, 1.165) is 16.2 Å². The highest BCUT2D eigenvalue weighted by molar-refractivity contribution is 9.10. The molecule has 0 saturated carbocycles. The summed E-state index contributed by atoms with van der Waals surface area (Å²) in [6.07, 6.45) is 4.13. The topological polar surface area (TPSA) is 117 Å². The molecule has 0 fully saturated rings. The number of aliphatic hydroxyl groups excluding tert-OH is 1. The molecule has 0 aliphatic heterocycles. The van der Waals surface area contributed by atoms with Crippen molar-refractivity contribution in [2.75, 3.05) is 24.3 Å². The summed E-state index contributed by atoms with van der Waals surface area (Å²) >= 11 is 3.38. The van der Waals surface area contributed by atoms with Gasteiger partial charge in [0.2, 0.25) is 11.9 Å². The summed E-state index contributed by atoms with van der Waals surface area (Å²) in [7, 11) is 1.54. The van der Waals surface area contributed by atoms with Gasteiger partial charge >= 0.3 is 0 Å². The molecular weight excluding hydrogens is 445 g/mol. The molecule has 0 radical (unpaired) electrons. The third kappa shape index (κ3) is 5.48. The summed E-state index contributed by atoms with van der Waals surface area (Å²) in [4.78, 5) is 19.5. The lowest BCUT2D eigenvalue weighted by molar-refractivity contribution is -0.121. The highest BCUT2D eigenvalue weighted by atomic mass is 79.9. The number of hydrogen-bond donors (Lipinski definition) is 4. The number of likely N-dealkylation sites (N-methyl/N-ethyl adjacent to an activating group) is 1. The van der Waals surface area contributed by atoms with Crippen molar-refractivity contribution in [1.82, 2.24) is 25.1 Å². The van der Waals surface area contributed by atoms with Crippen LogP contribution in [0, 0.1) is 5.82 Å². The van der Waals surface area contributed by atoms with Gasteiger partial charge in [0.05, 0.1) is 30.7 Å². The first-order chi connectivity index (χ1) is 14.0. The van der Waals surface area contributed by atoms with Crippen LogP contribution in [0.2, 0.25) is 0 Å². The number of carbonyl (C=O) groups is 1. The molecule has 3 rings (SSSR count). The second-order valence-corrected chi connectivity index (χ2v) is 6.97. The van der Waals surface area contributed by atoms with E-state index in [-0.39, 0.29) is 30.8 Å². The number of nitrogens with zero attached hydrogens (tertiary/aromatic N) is 4. The van der Waals surface area contributed by atoms with Gasteiger partial charge in [-0.15, -0.1) is 0 Å². The smallest absolute Gasteiger partial charge is 0.241 e. The van der Waals surface area contributed by atoms with Crippen molar-refractivity contribution in [3.63, 3.8) is 0 Å². The molecule has 11 heteroatoms. The number of benzene rings is 1. The number of nitrogens with one attached hydrogen (secondary N) is 3. The Labute approximate surface area is 174 Å². The van der Waals surface area contributed by atoms with Crippen LogP contribution in [0.15, 0.2) is 47.3 Å². The van der Waals surface area contributed by atoms with Gasteiger partial charge in [0, 0.05) is 17.7 Å². The fraction of sp³-hybridized carbons (Fsp3) is 0.222. The molecule has 1 aromatic carbocycles. The van der Waals surface area contributed by atoms with Crippen LogP contribution in [0.5, 0.6) is 0 Å². The average molecular weight is 464 g/mol. The Balaban J connectivity index is 1.75. The maximum Gasteiger partial charge on any atom is 0.241 e. The molecule has 29 heavy (non-hydrogen) atoms. The number of anilines is 3. The summed E-state index contributed by atoms with van der Waals surface area (Å²) < 4.78 is 16.5. The first kappa shape index (κ1) is 20.7. The molecule has 9 nitrogen and oxygen atoms in total. The maximum absolute atomic E-state index is 14.2. The second kappa shape index (κ2) is 9.43. The average Bonchev–Trinajstić information content (AvgIpc) is 3.14. The maximum atomic E-state index is 14.2. The summed E-state index contributed by atoms with van der Waals surface area (Å²) in [5.74, 6) is -0.760. The number of halogens is 2. The van der Waals surface area contributed by atoms with E-state index in [9.17, 15) is 14.3 Å². The fourth-order valence-electron chi connectivity index (χ4n) is 2.52. The third-order valence-electron chi connectivity index (χ3n) is 3.96. The van der Waals surface area contributed by atoms with Crippen molar-refractivity contribution < 1.29 is 14.3 Å². The Morgan fingerprint density at radius 1 is 1.38 bits per heavy atom. The quantitative estimate of drug-likeness (QED) is 0.404. The minimum absolute atomic E-state index is 0.0562. The zero-order chi connectivity index (χ0) is 20.8. The minimum atomic E-state index is -0.653. The van der Waals surface area contributed by atoms with Gasteiger partial charge < -0.3 is 21.1 Å². The van der Waals surface area contributed by atoms with E-state index in [1.165, 1.54) is 10.9 Å². The van der Waals surface area contributed by atoms with Gasteiger partial charge in [-0.25, -0.2) is 9.37 Å². The highest BCUT2D eigenvalue weighted by Gasteiger charge is 2.15. The van der Waals surface area contributed by atoms with Gasteiger partial charge in [-0.2, -0.15) is 10.1 Å². The van der Waals surface area contributed by atoms with E-state index in [2.05, 4.69) is 46.9 Å². The largest absolute Gasteiger partial charge is 0.394 e. The van der Waals surface area contributed by atoms with E-state index < -0.39 is 11.9 Å². The van der Waals surface area contributed by atoms with Gasteiger partial charge in [-0.3, -0.25) is 9.48 Å². The highest BCUT2D eigenvalue weighted by Crippen LogP contribution is 2.24. The molecule has 0 unspecified atom stereocenters. The number of carbonyl (C=O) groups excluding carboxylic acids is 1. The van der Waals surface area contributed by atoms with Crippen LogP contribution in [-0.4, -0.2) is 44.4 Å². The number of aromatic nitrogens is 4. The number of aliphatic hydroxyl groups is 1. The summed E-state index contributed by atoms with van der Waals surface area (Å²) in [5, 5.41) is 22.1. The first-order valence-electron chi connectivity index (χ1n) is 8.64. The van der Waals surface area contributed by atoms with Crippen LogP contribution in [0.25, 0.3) is 0 Å². The Morgan fingerprint density at radius 3 is 2.93 bits per heavy atom. The molecule has 0 aliphatic carbocycles. The van der Waals surface area contributed by atoms with Crippen molar-refractivity contribution in [1.29, 1.82) is 0 Å². The fourth-order valence-corrected chi connectivity index (χ4v) is 2.94. The normalized spacial score (nSPS) is 11.7. The second-order valence-electron chi connectivity index (χ2n) is 6.05. The number of hydrogen-bond acceptors (Lipinski definition) is 7. The molecule has 2 aromatic heterocycles. The molecule has 0 spiro atoms.